The molecule has 174 valence electrons. The molecule has 3 aromatic rings. The first-order chi connectivity index (χ1) is 15.6. The van der Waals surface area contributed by atoms with E-state index in [2.05, 4.69) is 10.3 Å². The number of hydrogen-bond donors (Lipinski definition) is 1. The maximum atomic E-state index is 13.4. The maximum absolute atomic E-state index is 13.4. The molecule has 1 aliphatic heterocycles. The number of sulfonamides is 1. The van der Waals surface area contributed by atoms with E-state index in [0.717, 1.165) is 17.7 Å². The molecule has 0 aliphatic carbocycles. The third kappa shape index (κ3) is 4.64. The van der Waals surface area contributed by atoms with E-state index in [0.29, 0.717) is 0 Å². The highest BCUT2D eigenvalue weighted by molar-refractivity contribution is 7.89. The predicted octanol–water partition coefficient (Wildman–Crippen LogP) is 3.03. The van der Waals surface area contributed by atoms with Gasteiger partial charge in [0.2, 0.25) is 0 Å². The number of nitrogens with one attached hydrogen (secondary N) is 1. The van der Waals surface area contributed by atoms with Gasteiger partial charge in [0.25, 0.3) is 15.9 Å². The molecule has 0 spiro atoms. The summed E-state index contributed by atoms with van der Waals surface area (Å²) < 4.78 is 69.1. The van der Waals surface area contributed by atoms with Crippen LogP contribution in [0.25, 0.3) is 0 Å². The molecule has 1 N–H and O–H groups in total. The van der Waals surface area contributed by atoms with Crippen LogP contribution in [0.3, 0.4) is 0 Å². The van der Waals surface area contributed by atoms with Gasteiger partial charge in [-0.1, -0.05) is 42.5 Å². The van der Waals surface area contributed by atoms with E-state index in [1.54, 1.807) is 37.4 Å². The normalized spacial score (nSPS) is 19.5. The molecule has 1 fully saturated rings. The largest absolute Gasteiger partial charge is 0.417 e. The van der Waals surface area contributed by atoms with E-state index in [-0.39, 0.29) is 18.1 Å². The summed E-state index contributed by atoms with van der Waals surface area (Å²) in [7, 11) is -2.31. The average molecular weight is 478 g/mol. The minimum absolute atomic E-state index is 0.0504. The van der Waals surface area contributed by atoms with Crippen LogP contribution in [0.15, 0.2) is 72.1 Å². The van der Waals surface area contributed by atoms with Gasteiger partial charge in [0, 0.05) is 32.3 Å². The molecule has 7 nitrogen and oxygen atoms in total. The first-order valence-electron chi connectivity index (χ1n) is 10.1. The topological polar surface area (TPSA) is 84.3 Å². The molecule has 1 aliphatic rings. The van der Waals surface area contributed by atoms with Crippen LogP contribution < -0.4 is 5.32 Å². The smallest absolute Gasteiger partial charge is 0.347 e. The van der Waals surface area contributed by atoms with Crippen molar-refractivity contribution < 1.29 is 26.4 Å². The van der Waals surface area contributed by atoms with E-state index >= 15 is 0 Å². The number of carbonyl (C=O) groups is 1. The van der Waals surface area contributed by atoms with Gasteiger partial charge in [0.05, 0.1) is 23.5 Å². The fourth-order valence-electron chi connectivity index (χ4n) is 3.98. The second-order valence-corrected chi connectivity index (χ2v) is 9.72. The van der Waals surface area contributed by atoms with E-state index < -0.39 is 45.2 Å². The molecule has 2 unspecified atom stereocenters. The second kappa shape index (κ2) is 8.64. The fourth-order valence-corrected chi connectivity index (χ4v) is 5.44. The maximum Gasteiger partial charge on any atom is 0.417 e. The van der Waals surface area contributed by atoms with Gasteiger partial charge >= 0.3 is 6.18 Å². The van der Waals surface area contributed by atoms with Gasteiger partial charge in [-0.15, -0.1) is 0 Å². The molecule has 4 rings (SSSR count). The first kappa shape index (κ1) is 23.0. The molecule has 1 saturated heterocycles. The van der Waals surface area contributed by atoms with Gasteiger partial charge in [0.1, 0.15) is 0 Å². The number of imidazole rings is 1. The molecule has 0 bridgehead atoms. The summed E-state index contributed by atoms with van der Waals surface area (Å²) in [6.45, 7) is -0.0484. The highest BCUT2D eigenvalue weighted by Gasteiger charge is 2.42. The minimum atomic E-state index is -4.70. The van der Waals surface area contributed by atoms with E-state index in [1.165, 1.54) is 33.5 Å². The van der Waals surface area contributed by atoms with Gasteiger partial charge in [-0.25, -0.2) is 13.4 Å². The molecule has 0 saturated carbocycles. The van der Waals surface area contributed by atoms with Crippen molar-refractivity contribution in [2.75, 3.05) is 13.1 Å². The molecule has 1 amide bonds. The van der Waals surface area contributed by atoms with Crippen molar-refractivity contribution in [2.45, 2.75) is 23.2 Å². The van der Waals surface area contributed by atoms with Crippen molar-refractivity contribution in [3.8, 4) is 0 Å². The predicted molar refractivity (Wildman–Crippen MR) is 114 cm³/mol. The zero-order valence-corrected chi connectivity index (χ0v) is 18.3. The highest BCUT2D eigenvalue weighted by atomic mass is 32.2. The highest BCUT2D eigenvalue weighted by Crippen LogP contribution is 2.34. The summed E-state index contributed by atoms with van der Waals surface area (Å²) in [5, 5.41) is 2.51. The molecule has 2 aromatic carbocycles. The summed E-state index contributed by atoms with van der Waals surface area (Å²) >= 11 is 0. The monoisotopic (exact) mass is 478 g/mol. The summed E-state index contributed by atoms with van der Waals surface area (Å²) in [6, 6.07) is 12.7. The zero-order chi connectivity index (χ0) is 23.8. The van der Waals surface area contributed by atoms with Crippen molar-refractivity contribution in [2.24, 2.45) is 7.05 Å². The van der Waals surface area contributed by atoms with Crippen LogP contribution in [0, 0.1) is 0 Å². The Kier molecular flexibility index (Phi) is 6.02. The second-order valence-electron chi connectivity index (χ2n) is 7.84. The molecule has 2 heterocycles. The molecule has 33 heavy (non-hydrogen) atoms. The van der Waals surface area contributed by atoms with Crippen LogP contribution in [-0.4, -0.2) is 47.3 Å². The number of alkyl halides is 3. The number of nitrogens with zero attached hydrogens (tertiary/aromatic N) is 3. The van der Waals surface area contributed by atoms with Gasteiger partial charge in [-0.2, -0.15) is 17.5 Å². The average Bonchev–Trinajstić information content (AvgIpc) is 3.41. The molecule has 0 radical (unpaired) electrons. The Morgan fingerprint density at radius 2 is 1.73 bits per heavy atom. The zero-order valence-electron chi connectivity index (χ0n) is 17.5. The summed E-state index contributed by atoms with van der Waals surface area (Å²) in [6.07, 6.45) is -1.96. The van der Waals surface area contributed by atoms with Crippen LogP contribution in [-0.2, 0) is 23.2 Å². The number of aryl methyl sites for hydroxylation is 1. The van der Waals surface area contributed by atoms with Crippen molar-refractivity contribution in [1.82, 2.24) is 19.2 Å². The lowest BCUT2D eigenvalue weighted by molar-refractivity contribution is -0.137. The van der Waals surface area contributed by atoms with E-state index in [9.17, 15) is 26.4 Å². The third-order valence-corrected chi connectivity index (χ3v) is 7.31. The van der Waals surface area contributed by atoms with Crippen molar-refractivity contribution in [3.05, 3.63) is 83.8 Å². The van der Waals surface area contributed by atoms with Crippen LogP contribution in [0.4, 0.5) is 13.2 Å². The van der Waals surface area contributed by atoms with E-state index in [4.69, 9.17) is 0 Å². The number of halogens is 3. The Hall–Kier alpha value is -3.18. The molecule has 11 heteroatoms. The van der Waals surface area contributed by atoms with Gasteiger partial charge in [-0.3, -0.25) is 4.79 Å². The first-order valence-corrected chi connectivity index (χ1v) is 11.5. The summed E-state index contributed by atoms with van der Waals surface area (Å²) in [4.78, 5) is 16.8. The number of carbonyl (C=O) groups excluding carboxylic acids is 1. The lowest BCUT2D eigenvalue weighted by Crippen LogP contribution is -2.41. The number of rotatable bonds is 5. The van der Waals surface area contributed by atoms with Gasteiger partial charge < -0.3 is 9.88 Å². The van der Waals surface area contributed by atoms with Crippen molar-refractivity contribution in [1.29, 1.82) is 0 Å². The summed E-state index contributed by atoms with van der Waals surface area (Å²) in [5.74, 6) is -1.36. The number of amides is 1. The number of hydrogen-bond acceptors (Lipinski definition) is 4. The van der Waals surface area contributed by atoms with E-state index in [1.807, 2.05) is 0 Å². The van der Waals surface area contributed by atoms with Crippen LogP contribution >= 0.6 is 0 Å². The molecular formula is C22H21F3N4O3S. The molecular weight excluding hydrogens is 457 g/mol. The number of benzene rings is 2. The minimum Gasteiger partial charge on any atom is -0.347 e. The van der Waals surface area contributed by atoms with Crippen LogP contribution in [0.2, 0.25) is 0 Å². The molecule has 2 atom stereocenters. The summed E-state index contributed by atoms with van der Waals surface area (Å²) in [5.41, 5.74) is -0.789. The van der Waals surface area contributed by atoms with Crippen molar-refractivity contribution >= 4 is 15.9 Å². The Bertz CT molecular complexity index is 1260. The van der Waals surface area contributed by atoms with Crippen LogP contribution in [0.5, 0.6) is 0 Å². The Morgan fingerprint density at radius 1 is 1.06 bits per heavy atom. The van der Waals surface area contributed by atoms with Crippen LogP contribution in [0.1, 0.15) is 27.4 Å². The lowest BCUT2D eigenvalue weighted by Gasteiger charge is -2.21. The Labute approximate surface area is 188 Å². The number of aromatic nitrogens is 2. The molecule has 1 aromatic heterocycles. The fraction of sp³-hybridized carbons (Fsp3) is 0.273. The van der Waals surface area contributed by atoms with Crippen molar-refractivity contribution in [3.63, 3.8) is 0 Å². The Balaban J connectivity index is 1.65. The lowest BCUT2D eigenvalue weighted by atomic mass is 9.94. The third-order valence-electron chi connectivity index (χ3n) is 5.59. The van der Waals surface area contributed by atoms with Gasteiger partial charge in [-0.05, 0) is 17.7 Å². The van der Waals surface area contributed by atoms with Gasteiger partial charge in [0.15, 0.2) is 5.03 Å². The SMILES string of the molecule is Cn1cnc(S(=O)(=O)N2CC(NC(=O)c3ccccc3C(F)(F)F)C(c3ccccc3)C2)c1. The quantitative estimate of drug-likeness (QED) is 0.611. The Morgan fingerprint density at radius 3 is 2.36 bits per heavy atom. The standard InChI is InChI=1S/C22H21F3N4O3S/c1-28-13-20(26-14-28)33(31,32)29-11-17(15-7-3-2-4-8-15)19(12-29)27-21(30)16-9-5-6-10-18(16)22(23,24)25/h2-10,13-14,17,19H,11-12H2,1H3,(H,27,30).